The molecule has 0 aliphatic rings. The maximum atomic E-state index is 13.0. The van der Waals surface area contributed by atoms with Crippen LogP contribution in [0.5, 0.6) is 5.75 Å². The van der Waals surface area contributed by atoms with Gasteiger partial charge in [0, 0.05) is 0 Å². The number of anilines is 1. The fraction of sp³-hybridized carbons (Fsp3) is 0.211. The van der Waals surface area contributed by atoms with Gasteiger partial charge >= 0.3 is 6.18 Å². The molecule has 0 spiro atoms. The number of nitrogens with one attached hydrogen (secondary N) is 1. The molecule has 0 atom stereocenters. The van der Waals surface area contributed by atoms with E-state index in [0.717, 1.165) is 12.1 Å². The second-order valence-corrected chi connectivity index (χ2v) is 5.87. The van der Waals surface area contributed by atoms with Crippen molar-refractivity contribution in [3.8, 4) is 11.4 Å². The summed E-state index contributed by atoms with van der Waals surface area (Å²) in [6.45, 7) is 2.17. The molecule has 0 bridgehead atoms. The number of nitrogens with zero attached hydrogens (tertiary/aromatic N) is 3. The summed E-state index contributed by atoms with van der Waals surface area (Å²) in [4.78, 5) is 13.7. The molecule has 3 aromatic rings. The Morgan fingerprint density at radius 2 is 1.93 bits per heavy atom. The number of para-hydroxylation sites is 1. The number of ether oxygens (including phenoxy) is 1. The summed E-state index contributed by atoms with van der Waals surface area (Å²) in [5.74, 6) is -0.540. The number of alkyl halides is 3. The Labute approximate surface area is 158 Å². The first-order valence-electron chi connectivity index (χ1n) is 8.51. The molecule has 2 aromatic carbocycles. The average molecular weight is 390 g/mol. The first-order chi connectivity index (χ1) is 13.4. The fourth-order valence-electron chi connectivity index (χ4n) is 2.38. The summed E-state index contributed by atoms with van der Waals surface area (Å²) in [6, 6.07) is 11.9. The zero-order valence-corrected chi connectivity index (χ0v) is 14.9. The van der Waals surface area contributed by atoms with E-state index in [2.05, 4.69) is 15.5 Å². The molecule has 0 fully saturated rings. The molecule has 3 rings (SSSR count). The Morgan fingerprint density at radius 3 is 2.61 bits per heavy atom. The highest BCUT2D eigenvalue weighted by molar-refractivity contribution is 6.03. The van der Waals surface area contributed by atoms with Crippen molar-refractivity contribution < 1.29 is 22.7 Å². The average Bonchev–Trinajstić information content (AvgIpc) is 3.17. The molecule has 1 heterocycles. The lowest BCUT2D eigenvalue weighted by Crippen LogP contribution is -2.15. The van der Waals surface area contributed by atoms with E-state index in [1.54, 1.807) is 24.3 Å². The molecule has 28 heavy (non-hydrogen) atoms. The van der Waals surface area contributed by atoms with Crippen molar-refractivity contribution in [2.24, 2.45) is 0 Å². The Bertz CT molecular complexity index is 955. The second-order valence-electron chi connectivity index (χ2n) is 5.87. The van der Waals surface area contributed by atoms with E-state index in [1.807, 2.05) is 13.0 Å². The Morgan fingerprint density at radius 1 is 1.18 bits per heavy atom. The third-order valence-corrected chi connectivity index (χ3v) is 3.73. The van der Waals surface area contributed by atoms with E-state index in [-0.39, 0.29) is 17.1 Å². The normalized spacial score (nSPS) is 11.3. The smallest absolute Gasteiger partial charge is 0.416 e. The van der Waals surface area contributed by atoms with E-state index < -0.39 is 17.6 Å². The Hall–Kier alpha value is -3.36. The maximum absolute atomic E-state index is 13.0. The van der Waals surface area contributed by atoms with Crippen LogP contribution in [0.25, 0.3) is 5.69 Å². The molecule has 9 heteroatoms. The number of carbonyl (C=O) groups excluding carboxylic acids is 1. The number of amides is 1. The molecule has 0 aliphatic carbocycles. The van der Waals surface area contributed by atoms with E-state index >= 15 is 0 Å². The zero-order valence-electron chi connectivity index (χ0n) is 14.9. The summed E-state index contributed by atoms with van der Waals surface area (Å²) >= 11 is 0. The van der Waals surface area contributed by atoms with Crippen molar-refractivity contribution in [3.05, 3.63) is 66.0 Å². The van der Waals surface area contributed by atoms with Crippen molar-refractivity contribution in [1.29, 1.82) is 0 Å². The lowest BCUT2D eigenvalue weighted by Gasteiger charge is -2.14. The van der Waals surface area contributed by atoms with Gasteiger partial charge < -0.3 is 10.1 Å². The first kappa shape index (κ1) is 19.4. The fourth-order valence-corrected chi connectivity index (χ4v) is 2.38. The molecule has 0 radical (unpaired) electrons. The van der Waals surface area contributed by atoms with Crippen LogP contribution in [0, 0.1) is 0 Å². The summed E-state index contributed by atoms with van der Waals surface area (Å²) < 4.78 is 44.5. The van der Waals surface area contributed by atoms with Crippen molar-refractivity contribution in [3.63, 3.8) is 0 Å². The van der Waals surface area contributed by atoms with E-state index in [1.165, 1.54) is 17.1 Å². The quantitative estimate of drug-likeness (QED) is 0.680. The van der Waals surface area contributed by atoms with Crippen molar-refractivity contribution in [1.82, 2.24) is 15.0 Å². The molecular formula is C19H17F3N4O2. The van der Waals surface area contributed by atoms with Crippen molar-refractivity contribution >= 4 is 11.6 Å². The molecule has 0 saturated heterocycles. The number of aromatic nitrogens is 3. The number of hydrogen-bond donors (Lipinski definition) is 1. The number of benzene rings is 2. The van der Waals surface area contributed by atoms with Crippen LogP contribution in [0.1, 0.15) is 29.4 Å². The van der Waals surface area contributed by atoms with Crippen LogP contribution >= 0.6 is 0 Å². The highest BCUT2D eigenvalue weighted by atomic mass is 19.4. The third kappa shape index (κ3) is 4.48. The Balaban J connectivity index is 1.85. The van der Waals surface area contributed by atoms with Crippen LogP contribution in [-0.4, -0.2) is 27.5 Å². The largest absolute Gasteiger partial charge is 0.491 e. The number of halogens is 3. The molecule has 0 unspecified atom stereocenters. The molecule has 146 valence electrons. The van der Waals surface area contributed by atoms with E-state index in [9.17, 15) is 18.0 Å². The number of hydrogen-bond acceptors (Lipinski definition) is 4. The van der Waals surface area contributed by atoms with Crippen LogP contribution in [0.15, 0.2) is 54.7 Å². The minimum Gasteiger partial charge on any atom is -0.491 e. The molecule has 1 N–H and O–H groups in total. The second kappa shape index (κ2) is 8.12. The van der Waals surface area contributed by atoms with Crippen LogP contribution in [0.3, 0.4) is 0 Å². The first-order valence-corrected chi connectivity index (χ1v) is 8.51. The predicted molar refractivity (Wildman–Crippen MR) is 96.5 cm³/mol. The van der Waals surface area contributed by atoms with Gasteiger partial charge in [0.1, 0.15) is 5.75 Å². The lowest BCUT2D eigenvalue weighted by molar-refractivity contribution is -0.137. The van der Waals surface area contributed by atoms with Gasteiger partial charge in [-0.05, 0) is 36.8 Å². The van der Waals surface area contributed by atoms with Gasteiger partial charge in [-0.2, -0.15) is 23.1 Å². The van der Waals surface area contributed by atoms with Crippen LogP contribution in [-0.2, 0) is 6.18 Å². The highest BCUT2D eigenvalue weighted by Gasteiger charge is 2.31. The van der Waals surface area contributed by atoms with Gasteiger partial charge in [-0.25, -0.2) is 0 Å². The Kier molecular flexibility index (Phi) is 5.62. The van der Waals surface area contributed by atoms with E-state index in [4.69, 9.17) is 4.74 Å². The zero-order chi connectivity index (χ0) is 20.1. The van der Waals surface area contributed by atoms with E-state index in [0.29, 0.717) is 18.7 Å². The molecule has 6 nitrogen and oxygen atoms in total. The maximum Gasteiger partial charge on any atom is 0.416 e. The van der Waals surface area contributed by atoms with Crippen LogP contribution in [0.2, 0.25) is 0 Å². The number of rotatable bonds is 6. The SMILES string of the molecule is CCCOc1ccc(C(F)(F)F)cc1NC(=O)c1cnn(-c2ccccc2)n1. The van der Waals surface area contributed by atoms with Gasteiger partial charge in [0.05, 0.1) is 29.7 Å². The summed E-state index contributed by atoms with van der Waals surface area (Å²) in [6.07, 6.45) is -2.64. The summed E-state index contributed by atoms with van der Waals surface area (Å²) in [7, 11) is 0. The van der Waals surface area contributed by atoms with Gasteiger partial charge in [0.15, 0.2) is 5.69 Å². The van der Waals surface area contributed by atoms with Gasteiger partial charge in [-0.3, -0.25) is 4.79 Å². The third-order valence-electron chi connectivity index (χ3n) is 3.73. The van der Waals surface area contributed by atoms with Gasteiger partial charge in [-0.1, -0.05) is 25.1 Å². The predicted octanol–water partition coefficient (Wildman–Crippen LogP) is 4.33. The lowest BCUT2D eigenvalue weighted by atomic mass is 10.1. The summed E-state index contributed by atoms with van der Waals surface area (Å²) in [5.41, 5.74) is -0.364. The molecule has 0 aliphatic heterocycles. The number of carbonyl (C=O) groups is 1. The molecule has 0 saturated carbocycles. The topological polar surface area (TPSA) is 69.0 Å². The van der Waals surface area contributed by atoms with Gasteiger partial charge in [0.25, 0.3) is 5.91 Å². The summed E-state index contributed by atoms with van der Waals surface area (Å²) in [5, 5.41) is 10.5. The minimum absolute atomic E-state index is 0.0392. The standard InChI is InChI=1S/C19H17F3N4O2/c1-2-10-28-17-9-8-13(19(20,21)22)11-15(17)24-18(27)16-12-23-26(25-16)14-6-4-3-5-7-14/h3-9,11-12H,2,10H2,1H3,(H,24,27). The molecule has 1 aromatic heterocycles. The van der Waals surface area contributed by atoms with Crippen LogP contribution < -0.4 is 10.1 Å². The molecular weight excluding hydrogens is 373 g/mol. The molecule has 1 amide bonds. The highest BCUT2D eigenvalue weighted by Crippen LogP contribution is 2.35. The minimum atomic E-state index is -4.54. The van der Waals surface area contributed by atoms with Gasteiger partial charge in [-0.15, -0.1) is 5.10 Å². The van der Waals surface area contributed by atoms with Crippen molar-refractivity contribution in [2.45, 2.75) is 19.5 Å². The monoisotopic (exact) mass is 390 g/mol. The van der Waals surface area contributed by atoms with Crippen molar-refractivity contribution in [2.75, 3.05) is 11.9 Å². The van der Waals surface area contributed by atoms with Crippen LogP contribution in [0.4, 0.5) is 18.9 Å². The van der Waals surface area contributed by atoms with Gasteiger partial charge in [0.2, 0.25) is 0 Å².